The Morgan fingerprint density at radius 3 is 2.41 bits per heavy atom. The third-order valence-corrected chi connectivity index (χ3v) is 5.50. The Morgan fingerprint density at radius 2 is 1.74 bits per heavy atom. The largest absolute Gasteiger partial charge is 0.493 e. The summed E-state index contributed by atoms with van der Waals surface area (Å²) in [6.07, 6.45) is 4.55. The van der Waals surface area contributed by atoms with Gasteiger partial charge in [-0.25, -0.2) is 0 Å². The third-order valence-electron chi connectivity index (χ3n) is 5.50. The zero-order valence-electron chi connectivity index (χ0n) is 16.5. The van der Waals surface area contributed by atoms with Gasteiger partial charge in [-0.3, -0.25) is 4.79 Å². The van der Waals surface area contributed by atoms with Crippen LogP contribution in [0.5, 0.6) is 11.5 Å². The number of carbonyl (C=O) groups excluding carboxylic acids is 1. The molecule has 0 heterocycles. The number of ether oxygens (including phenoxy) is 2. The molecule has 0 bridgehead atoms. The highest BCUT2D eigenvalue weighted by Crippen LogP contribution is 2.31. The Labute approximate surface area is 162 Å². The van der Waals surface area contributed by atoms with E-state index in [1.54, 1.807) is 13.2 Å². The van der Waals surface area contributed by atoms with E-state index < -0.39 is 0 Å². The van der Waals surface area contributed by atoms with Crippen molar-refractivity contribution in [1.29, 1.82) is 0 Å². The van der Waals surface area contributed by atoms with E-state index in [1.165, 1.54) is 12.8 Å². The molecule has 0 N–H and O–H groups in total. The van der Waals surface area contributed by atoms with Crippen molar-refractivity contribution < 1.29 is 14.3 Å². The second-order valence-electron chi connectivity index (χ2n) is 7.47. The van der Waals surface area contributed by atoms with Gasteiger partial charge >= 0.3 is 0 Å². The number of nitrogens with zero attached hydrogens (tertiary/aromatic N) is 1. The lowest BCUT2D eigenvalue weighted by atomic mass is 9.86. The summed E-state index contributed by atoms with van der Waals surface area (Å²) >= 11 is 0. The normalized spacial score (nSPS) is 19.4. The maximum Gasteiger partial charge on any atom is 0.253 e. The van der Waals surface area contributed by atoms with Crippen molar-refractivity contribution in [2.24, 2.45) is 5.92 Å². The molecule has 0 aliphatic heterocycles. The second-order valence-corrected chi connectivity index (χ2v) is 7.47. The molecule has 1 aliphatic rings. The molecule has 4 heteroatoms. The number of methoxy groups -OCH3 is 1. The van der Waals surface area contributed by atoms with E-state index in [4.69, 9.17) is 9.47 Å². The van der Waals surface area contributed by atoms with Crippen molar-refractivity contribution in [2.75, 3.05) is 14.2 Å². The number of amides is 1. The van der Waals surface area contributed by atoms with Crippen LogP contribution in [0.25, 0.3) is 0 Å². The predicted molar refractivity (Wildman–Crippen MR) is 107 cm³/mol. The van der Waals surface area contributed by atoms with Gasteiger partial charge in [0.2, 0.25) is 0 Å². The molecule has 27 heavy (non-hydrogen) atoms. The molecular weight excluding hydrogens is 338 g/mol. The molecule has 1 aliphatic carbocycles. The average Bonchev–Trinajstić information content (AvgIpc) is 2.72. The van der Waals surface area contributed by atoms with Gasteiger partial charge in [-0.2, -0.15) is 0 Å². The zero-order valence-corrected chi connectivity index (χ0v) is 16.5. The van der Waals surface area contributed by atoms with Crippen LogP contribution in [-0.4, -0.2) is 31.0 Å². The fourth-order valence-electron chi connectivity index (χ4n) is 3.65. The van der Waals surface area contributed by atoms with Gasteiger partial charge in [0.1, 0.15) is 6.61 Å². The van der Waals surface area contributed by atoms with Crippen LogP contribution < -0.4 is 9.47 Å². The molecule has 0 atom stereocenters. The van der Waals surface area contributed by atoms with Crippen molar-refractivity contribution in [1.82, 2.24) is 4.90 Å². The highest BCUT2D eigenvalue weighted by atomic mass is 16.5. The summed E-state index contributed by atoms with van der Waals surface area (Å²) in [5, 5.41) is 0. The SMILES string of the molecule is COc1cc(C(=O)N(C)C2CCC(C)CC2)ccc1OCc1ccccc1. The van der Waals surface area contributed by atoms with E-state index in [-0.39, 0.29) is 5.91 Å². The minimum Gasteiger partial charge on any atom is -0.493 e. The van der Waals surface area contributed by atoms with E-state index >= 15 is 0 Å². The van der Waals surface area contributed by atoms with Crippen molar-refractivity contribution in [3.8, 4) is 11.5 Å². The Morgan fingerprint density at radius 1 is 1.04 bits per heavy atom. The Balaban J connectivity index is 1.68. The maximum absolute atomic E-state index is 12.9. The average molecular weight is 367 g/mol. The van der Waals surface area contributed by atoms with Crippen molar-refractivity contribution >= 4 is 5.91 Å². The smallest absolute Gasteiger partial charge is 0.253 e. The minimum absolute atomic E-state index is 0.0439. The Bertz CT molecular complexity index is 751. The monoisotopic (exact) mass is 367 g/mol. The second kappa shape index (κ2) is 8.94. The van der Waals surface area contributed by atoms with E-state index in [0.717, 1.165) is 24.3 Å². The molecule has 2 aromatic carbocycles. The van der Waals surface area contributed by atoms with Crippen LogP contribution in [-0.2, 0) is 6.61 Å². The molecule has 0 saturated heterocycles. The molecule has 0 aromatic heterocycles. The van der Waals surface area contributed by atoms with Crippen molar-refractivity contribution in [3.63, 3.8) is 0 Å². The summed E-state index contributed by atoms with van der Waals surface area (Å²) in [5.41, 5.74) is 1.73. The molecule has 1 fully saturated rings. The van der Waals surface area contributed by atoms with Crippen LogP contribution in [0.2, 0.25) is 0 Å². The lowest BCUT2D eigenvalue weighted by Crippen LogP contribution is -2.39. The highest BCUT2D eigenvalue weighted by Gasteiger charge is 2.26. The molecule has 144 valence electrons. The summed E-state index contributed by atoms with van der Waals surface area (Å²) in [6, 6.07) is 15.7. The fraction of sp³-hybridized carbons (Fsp3) is 0.435. The third kappa shape index (κ3) is 4.82. The Kier molecular flexibility index (Phi) is 6.38. The lowest BCUT2D eigenvalue weighted by Gasteiger charge is -2.33. The van der Waals surface area contributed by atoms with Gasteiger partial charge in [0.15, 0.2) is 11.5 Å². The summed E-state index contributed by atoms with van der Waals surface area (Å²) < 4.78 is 11.4. The topological polar surface area (TPSA) is 38.8 Å². The quantitative estimate of drug-likeness (QED) is 0.727. The van der Waals surface area contributed by atoms with E-state index in [9.17, 15) is 4.79 Å². The number of hydrogen-bond donors (Lipinski definition) is 0. The standard InChI is InChI=1S/C23H29NO3/c1-17-9-12-20(13-10-17)24(2)23(25)19-11-14-21(22(15-19)26-3)27-16-18-7-5-4-6-8-18/h4-8,11,14-15,17,20H,9-10,12-13,16H2,1-3H3. The first-order valence-corrected chi connectivity index (χ1v) is 9.70. The van der Waals surface area contributed by atoms with Crippen LogP contribution in [0.15, 0.2) is 48.5 Å². The van der Waals surface area contributed by atoms with Crippen LogP contribution >= 0.6 is 0 Å². The van der Waals surface area contributed by atoms with Crippen molar-refractivity contribution in [2.45, 2.75) is 45.3 Å². The van der Waals surface area contributed by atoms with E-state index in [0.29, 0.717) is 29.7 Å². The van der Waals surface area contributed by atoms with Gasteiger partial charge in [0, 0.05) is 18.7 Å². The molecule has 0 radical (unpaired) electrons. The molecule has 0 unspecified atom stereocenters. The summed E-state index contributed by atoms with van der Waals surface area (Å²) in [4.78, 5) is 14.8. The molecule has 3 rings (SSSR count). The predicted octanol–water partition coefficient (Wildman–Crippen LogP) is 4.92. The number of rotatable bonds is 6. The number of hydrogen-bond acceptors (Lipinski definition) is 3. The van der Waals surface area contributed by atoms with Gasteiger partial charge in [0.25, 0.3) is 5.91 Å². The van der Waals surface area contributed by atoms with Crippen LogP contribution in [0.1, 0.15) is 48.5 Å². The lowest BCUT2D eigenvalue weighted by molar-refractivity contribution is 0.0679. The first-order chi connectivity index (χ1) is 13.1. The van der Waals surface area contributed by atoms with E-state index in [1.807, 2.05) is 54.4 Å². The molecule has 1 amide bonds. The molecular formula is C23H29NO3. The summed E-state index contributed by atoms with van der Waals surface area (Å²) in [6.45, 7) is 2.75. The van der Waals surface area contributed by atoms with E-state index in [2.05, 4.69) is 6.92 Å². The van der Waals surface area contributed by atoms with Gasteiger partial charge in [0.05, 0.1) is 7.11 Å². The van der Waals surface area contributed by atoms with Gasteiger partial charge in [-0.05, 0) is 55.4 Å². The number of benzene rings is 2. The number of carbonyl (C=O) groups is 1. The highest BCUT2D eigenvalue weighted by molar-refractivity contribution is 5.95. The van der Waals surface area contributed by atoms with Gasteiger partial charge in [-0.1, -0.05) is 37.3 Å². The molecule has 1 saturated carbocycles. The summed E-state index contributed by atoms with van der Waals surface area (Å²) in [5.74, 6) is 2.04. The summed E-state index contributed by atoms with van der Waals surface area (Å²) in [7, 11) is 3.51. The maximum atomic E-state index is 12.9. The van der Waals surface area contributed by atoms with Crippen molar-refractivity contribution in [3.05, 3.63) is 59.7 Å². The zero-order chi connectivity index (χ0) is 19.2. The minimum atomic E-state index is 0.0439. The molecule has 0 spiro atoms. The first-order valence-electron chi connectivity index (χ1n) is 9.70. The van der Waals surface area contributed by atoms with Crippen LogP contribution in [0.3, 0.4) is 0 Å². The van der Waals surface area contributed by atoms with Gasteiger partial charge < -0.3 is 14.4 Å². The Hall–Kier alpha value is -2.49. The molecule has 4 nitrogen and oxygen atoms in total. The van der Waals surface area contributed by atoms with Crippen LogP contribution in [0.4, 0.5) is 0 Å². The van der Waals surface area contributed by atoms with Gasteiger partial charge in [-0.15, -0.1) is 0 Å². The molecule has 2 aromatic rings. The fourth-order valence-corrected chi connectivity index (χ4v) is 3.65. The first kappa shape index (κ1) is 19.3. The van der Waals surface area contributed by atoms with Crippen LogP contribution in [0, 0.1) is 5.92 Å².